The molecule has 0 heterocycles. The molecule has 0 fully saturated rings. The minimum atomic E-state index is 0.0248. The van der Waals surface area contributed by atoms with E-state index < -0.39 is 0 Å². The molecule has 0 radical (unpaired) electrons. The van der Waals surface area contributed by atoms with Crippen molar-refractivity contribution in [2.75, 3.05) is 0 Å². The summed E-state index contributed by atoms with van der Waals surface area (Å²) in [4.78, 5) is 14.2. The molecule has 0 unspecified atom stereocenters. The Morgan fingerprint density at radius 3 is 1.61 bits per heavy atom. The normalized spacial score (nSPS) is 10.4. The fourth-order valence-electron chi connectivity index (χ4n) is 1.88. The first-order valence-electron chi connectivity index (χ1n) is 5.64. The molecule has 0 atom stereocenters. The zero-order valence-electron chi connectivity index (χ0n) is 10.3. The molecular weight excluding hydrogens is 260 g/mol. The molecule has 18 heavy (non-hydrogen) atoms. The lowest BCUT2D eigenvalue weighted by Gasteiger charge is -2.10. The highest BCUT2D eigenvalue weighted by atomic mass is 32.1. The first-order chi connectivity index (χ1) is 8.52. The van der Waals surface area contributed by atoms with Crippen molar-refractivity contribution in [3.63, 3.8) is 0 Å². The van der Waals surface area contributed by atoms with E-state index in [4.69, 9.17) is 0 Å². The number of carbonyl (C=O) groups excluding carboxylic acids is 1. The van der Waals surface area contributed by atoms with Crippen LogP contribution in [0.1, 0.15) is 27.0 Å². The van der Waals surface area contributed by atoms with E-state index in [-0.39, 0.29) is 5.78 Å². The highest BCUT2D eigenvalue weighted by Gasteiger charge is 2.15. The number of ketones is 1. The summed E-state index contributed by atoms with van der Waals surface area (Å²) in [5, 5.41) is 0. The Morgan fingerprint density at radius 1 is 0.833 bits per heavy atom. The molecule has 2 rings (SSSR count). The van der Waals surface area contributed by atoms with Gasteiger partial charge in [0.2, 0.25) is 0 Å². The molecule has 1 nitrogen and oxygen atoms in total. The SMILES string of the molecule is Cc1c(S)cccc1C(=O)c1cccc(S)c1C. The standard InChI is InChI=1S/C15H14OS2/c1-9-11(5-3-7-13(9)17)15(16)12-6-4-8-14(18)10(12)2/h3-8,17-18H,1-2H3. The molecule has 92 valence electrons. The Hall–Kier alpha value is -1.19. The van der Waals surface area contributed by atoms with Crippen molar-refractivity contribution in [1.29, 1.82) is 0 Å². The van der Waals surface area contributed by atoms with Crippen molar-refractivity contribution in [2.24, 2.45) is 0 Å². The molecular formula is C15H14OS2. The van der Waals surface area contributed by atoms with Gasteiger partial charge in [-0.1, -0.05) is 24.3 Å². The first-order valence-corrected chi connectivity index (χ1v) is 6.53. The highest BCUT2D eigenvalue weighted by Crippen LogP contribution is 2.24. The minimum Gasteiger partial charge on any atom is -0.289 e. The van der Waals surface area contributed by atoms with Crippen LogP contribution in [-0.4, -0.2) is 5.78 Å². The van der Waals surface area contributed by atoms with Crippen LogP contribution in [0.15, 0.2) is 46.2 Å². The van der Waals surface area contributed by atoms with Crippen molar-refractivity contribution < 1.29 is 4.79 Å². The third kappa shape index (κ3) is 2.33. The molecule has 0 bridgehead atoms. The van der Waals surface area contributed by atoms with Gasteiger partial charge in [-0.25, -0.2) is 0 Å². The van der Waals surface area contributed by atoms with Gasteiger partial charge in [0.15, 0.2) is 5.78 Å². The summed E-state index contributed by atoms with van der Waals surface area (Å²) < 4.78 is 0. The van der Waals surface area contributed by atoms with Crippen molar-refractivity contribution in [3.8, 4) is 0 Å². The molecule has 0 aliphatic rings. The predicted molar refractivity (Wildman–Crippen MR) is 80.3 cm³/mol. The second-order valence-corrected chi connectivity index (χ2v) is 5.19. The topological polar surface area (TPSA) is 17.1 Å². The van der Waals surface area contributed by atoms with E-state index in [1.165, 1.54) is 0 Å². The Bertz CT molecular complexity index is 564. The average molecular weight is 274 g/mol. The third-order valence-corrected chi connectivity index (χ3v) is 4.07. The Morgan fingerprint density at radius 2 is 1.22 bits per heavy atom. The van der Waals surface area contributed by atoms with Crippen LogP contribution in [0.4, 0.5) is 0 Å². The van der Waals surface area contributed by atoms with E-state index in [0.717, 1.165) is 20.9 Å². The quantitative estimate of drug-likeness (QED) is 0.622. The van der Waals surface area contributed by atoms with Crippen LogP contribution in [0.3, 0.4) is 0 Å². The zero-order chi connectivity index (χ0) is 13.3. The molecule has 0 spiro atoms. The molecule has 3 heteroatoms. The van der Waals surface area contributed by atoms with Gasteiger partial charge in [0.1, 0.15) is 0 Å². The van der Waals surface area contributed by atoms with Crippen LogP contribution in [-0.2, 0) is 0 Å². The van der Waals surface area contributed by atoms with E-state index in [9.17, 15) is 4.79 Å². The van der Waals surface area contributed by atoms with Crippen LogP contribution >= 0.6 is 25.3 Å². The number of rotatable bonds is 2. The number of carbonyl (C=O) groups is 1. The van der Waals surface area contributed by atoms with Gasteiger partial charge < -0.3 is 0 Å². The predicted octanol–water partition coefficient (Wildman–Crippen LogP) is 4.11. The monoisotopic (exact) mass is 274 g/mol. The van der Waals surface area contributed by atoms with Gasteiger partial charge in [-0.05, 0) is 37.1 Å². The Kier molecular flexibility index (Phi) is 3.83. The van der Waals surface area contributed by atoms with Crippen LogP contribution in [0.25, 0.3) is 0 Å². The molecule has 0 aliphatic heterocycles. The van der Waals surface area contributed by atoms with E-state index in [1.54, 1.807) is 0 Å². The maximum absolute atomic E-state index is 12.5. The summed E-state index contributed by atoms with van der Waals surface area (Å²) in [7, 11) is 0. The van der Waals surface area contributed by atoms with Gasteiger partial charge in [-0.3, -0.25) is 4.79 Å². The lowest BCUT2D eigenvalue weighted by atomic mass is 9.96. The van der Waals surface area contributed by atoms with Gasteiger partial charge in [0, 0.05) is 20.9 Å². The van der Waals surface area contributed by atoms with E-state index in [2.05, 4.69) is 25.3 Å². The summed E-state index contributed by atoms with van der Waals surface area (Å²) in [5.41, 5.74) is 3.22. The number of thiol groups is 2. The molecule has 2 aromatic carbocycles. The maximum atomic E-state index is 12.5. The molecule has 0 aromatic heterocycles. The summed E-state index contributed by atoms with van der Waals surface area (Å²) in [6.45, 7) is 3.82. The van der Waals surface area contributed by atoms with Crippen LogP contribution in [0, 0.1) is 13.8 Å². The van der Waals surface area contributed by atoms with Crippen molar-refractivity contribution in [1.82, 2.24) is 0 Å². The molecule has 0 N–H and O–H groups in total. The van der Waals surface area contributed by atoms with Gasteiger partial charge in [0.25, 0.3) is 0 Å². The first kappa shape index (κ1) is 13.2. The van der Waals surface area contributed by atoms with Gasteiger partial charge in [-0.15, -0.1) is 25.3 Å². The minimum absolute atomic E-state index is 0.0248. The largest absolute Gasteiger partial charge is 0.289 e. The van der Waals surface area contributed by atoms with Crippen molar-refractivity contribution in [3.05, 3.63) is 58.7 Å². The Labute approximate surface area is 118 Å². The summed E-state index contributed by atoms with van der Waals surface area (Å²) in [6, 6.07) is 11.1. The van der Waals surface area contributed by atoms with E-state index >= 15 is 0 Å². The summed E-state index contributed by atoms with van der Waals surface area (Å²) in [5.74, 6) is 0.0248. The molecule has 0 saturated carbocycles. The summed E-state index contributed by atoms with van der Waals surface area (Å²) in [6.07, 6.45) is 0. The Balaban J connectivity index is 2.55. The average Bonchev–Trinajstić information content (AvgIpc) is 2.35. The van der Waals surface area contributed by atoms with E-state index in [0.29, 0.717) is 11.1 Å². The molecule has 2 aromatic rings. The molecule has 0 aliphatic carbocycles. The van der Waals surface area contributed by atoms with Crippen LogP contribution < -0.4 is 0 Å². The van der Waals surface area contributed by atoms with Gasteiger partial charge in [0.05, 0.1) is 0 Å². The van der Waals surface area contributed by atoms with Crippen molar-refractivity contribution >= 4 is 31.0 Å². The van der Waals surface area contributed by atoms with E-state index in [1.807, 2.05) is 50.2 Å². The molecule has 0 amide bonds. The summed E-state index contributed by atoms with van der Waals surface area (Å²) >= 11 is 8.71. The lowest BCUT2D eigenvalue weighted by molar-refractivity contribution is 0.103. The fraction of sp³-hybridized carbons (Fsp3) is 0.133. The second kappa shape index (κ2) is 5.21. The lowest BCUT2D eigenvalue weighted by Crippen LogP contribution is -2.06. The number of benzene rings is 2. The second-order valence-electron chi connectivity index (χ2n) is 4.23. The highest BCUT2D eigenvalue weighted by molar-refractivity contribution is 7.80. The smallest absolute Gasteiger partial charge is 0.193 e. The fourth-order valence-corrected chi connectivity index (χ4v) is 2.30. The number of hydrogen-bond acceptors (Lipinski definition) is 3. The number of hydrogen-bond donors (Lipinski definition) is 2. The van der Waals surface area contributed by atoms with Crippen molar-refractivity contribution in [2.45, 2.75) is 23.6 Å². The van der Waals surface area contributed by atoms with Crippen LogP contribution in [0.5, 0.6) is 0 Å². The molecule has 0 saturated heterocycles. The van der Waals surface area contributed by atoms with Crippen LogP contribution in [0.2, 0.25) is 0 Å². The maximum Gasteiger partial charge on any atom is 0.193 e. The van der Waals surface area contributed by atoms with Gasteiger partial charge in [-0.2, -0.15) is 0 Å². The zero-order valence-corrected chi connectivity index (χ0v) is 12.1. The van der Waals surface area contributed by atoms with Gasteiger partial charge >= 0.3 is 0 Å². The third-order valence-electron chi connectivity index (χ3n) is 3.10.